The molecule has 0 bridgehead atoms. The minimum Gasteiger partial charge on any atom is -0.497 e. The molecule has 0 radical (unpaired) electrons. The van der Waals surface area contributed by atoms with Gasteiger partial charge in [0.1, 0.15) is 11.5 Å². The number of rotatable bonds is 3. The van der Waals surface area contributed by atoms with E-state index in [0.717, 1.165) is 31.6 Å². The van der Waals surface area contributed by atoms with Crippen molar-refractivity contribution in [2.45, 2.75) is 6.92 Å². The predicted octanol–water partition coefficient (Wildman–Crippen LogP) is 3.80. The number of ether oxygens (including phenoxy) is 2. The van der Waals surface area contributed by atoms with E-state index in [9.17, 15) is 0 Å². The largest absolute Gasteiger partial charge is 0.497 e. The van der Waals surface area contributed by atoms with Crippen LogP contribution in [0.5, 0.6) is 11.5 Å². The van der Waals surface area contributed by atoms with Crippen molar-refractivity contribution in [2.75, 3.05) is 14.2 Å². The molecule has 0 aliphatic heterocycles. The fraction of sp³-hybridized carbons (Fsp3) is 0.250. The smallest absolute Gasteiger partial charge is 0.159 e. The molecular weight excluding hydrogens is 254 g/mol. The average molecular weight is 267 g/mol. The van der Waals surface area contributed by atoms with Crippen LogP contribution in [-0.2, 0) is 0 Å². The van der Waals surface area contributed by atoms with Gasteiger partial charge in [-0.1, -0.05) is 0 Å². The lowest BCUT2D eigenvalue weighted by atomic mass is 10.1. The van der Waals surface area contributed by atoms with E-state index in [-0.39, 0.29) is 0 Å². The van der Waals surface area contributed by atoms with E-state index in [4.69, 9.17) is 21.7 Å². The zero-order valence-electron chi connectivity index (χ0n) is 9.87. The molecule has 0 unspecified atom stereocenters. The van der Waals surface area contributed by atoms with Crippen molar-refractivity contribution in [2.24, 2.45) is 0 Å². The number of thiazole rings is 1. The maximum absolute atomic E-state index is 5.36. The standard InChI is InChI=1S/C12H13NO2S2/c1-7-11(13-12(16)17-7)9-6-8(14-2)4-5-10(9)15-3/h4-6H,1-3H3,(H,13,16). The van der Waals surface area contributed by atoms with Gasteiger partial charge < -0.3 is 14.5 Å². The lowest BCUT2D eigenvalue weighted by Crippen LogP contribution is -1.91. The Bertz CT molecular complexity index is 586. The highest BCUT2D eigenvalue weighted by atomic mass is 32.1. The summed E-state index contributed by atoms with van der Waals surface area (Å²) < 4.78 is 11.4. The summed E-state index contributed by atoms with van der Waals surface area (Å²) in [7, 11) is 3.30. The van der Waals surface area contributed by atoms with Crippen molar-refractivity contribution < 1.29 is 9.47 Å². The molecular formula is C12H13NO2S2. The summed E-state index contributed by atoms with van der Waals surface area (Å²) in [5.74, 6) is 1.60. The molecule has 2 rings (SSSR count). The van der Waals surface area contributed by atoms with Gasteiger partial charge in [0.2, 0.25) is 0 Å². The van der Waals surface area contributed by atoms with Crippen molar-refractivity contribution in [3.05, 3.63) is 27.0 Å². The van der Waals surface area contributed by atoms with Gasteiger partial charge >= 0.3 is 0 Å². The summed E-state index contributed by atoms with van der Waals surface area (Å²) in [5.41, 5.74) is 1.97. The predicted molar refractivity (Wildman–Crippen MR) is 72.8 cm³/mol. The van der Waals surface area contributed by atoms with Crippen LogP contribution in [0.2, 0.25) is 0 Å². The van der Waals surface area contributed by atoms with E-state index < -0.39 is 0 Å². The molecule has 0 spiro atoms. The van der Waals surface area contributed by atoms with Gasteiger partial charge in [0, 0.05) is 10.4 Å². The van der Waals surface area contributed by atoms with E-state index in [2.05, 4.69) is 4.98 Å². The minimum absolute atomic E-state index is 0.766. The molecule has 0 aliphatic carbocycles. The Kier molecular flexibility index (Phi) is 3.49. The fourth-order valence-corrected chi connectivity index (χ4v) is 2.84. The second-order valence-electron chi connectivity index (χ2n) is 3.51. The third-order valence-corrected chi connectivity index (χ3v) is 3.65. The molecule has 3 nitrogen and oxygen atoms in total. The van der Waals surface area contributed by atoms with Crippen LogP contribution in [0, 0.1) is 10.9 Å². The number of hydrogen-bond donors (Lipinski definition) is 1. The van der Waals surface area contributed by atoms with Gasteiger partial charge in [-0.25, -0.2) is 0 Å². The van der Waals surface area contributed by atoms with Crippen LogP contribution >= 0.6 is 23.6 Å². The van der Waals surface area contributed by atoms with E-state index in [1.807, 2.05) is 25.1 Å². The summed E-state index contributed by atoms with van der Waals surface area (Å²) >= 11 is 6.71. The maximum atomic E-state index is 5.36. The Labute approximate surface area is 109 Å². The SMILES string of the molecule is COc1ccc(OC)c(-c2[nH]c(=S)sc2C)c1. The van der Waals surface area contributed by atoms with Gasteiger partial charge in [0.15, 0.2) is 3.95 Å². The van der Waals surface area contributed by atoms with Crippen LogP contribution in [0.25, 0.3) is 11.3 Å². The second-order valence-corrected chi connectivity index (χ2v) is 5.40. The maximum Gasteiger partial charge on any atom is 0.159 e. The monoisotopic (exact) mass is 267 g/mol. The Morgan fingerprint density at radius 2 is 2.00 bits per heavy atom. The Balaban J connectivity index is 2.63. The van der Waals surface area contributed by atoms with Crippen molar-refractivity contribution in [1.82, 2.24) is 4.98 Å². The minimum atomic E-state index is 0.766. The number of methoxy groups -OCH3 is 2. The Morgan fingerprint density at radius 1 is 1.24 bits per heavy atom. The van der Waals surface area contributed by atoms with Crippen LogP contribution in [0.15, 0.2) is 18.2 Å². The highest BCUT2D eigenvalue weighted by Gasteiger charge is 2.12. The quantitative estimate of drug-likeness (QED) is 0.859. The van der Waals surface area contributed by atoms with E-state index in [1.54, 1.807) is 25.6 Å². The summed E-state index contributed by atoms with van der Waals surface area (Å²) in [6, 6.07) is 5.71. The van der Waals surface area contributed by atoms with Crippen LogP contribution in [0.3, 0.4) is 0 Å². The zero-order valence-corrected chi connectivity index (χ0v) is 11.5. The molecule has 5 heteroatoms. The molecule has 90 valence electrons. The summed E-state index contributed by atoms with van der Waals surface area (Å²) in [4.78, 5) is 4.32. The normalized spacial score (nSPS) is 10.3. The first-order valence-corrected chi connectivity index (χ1v) is 6.30. The molecule has 1 aromatic carbocycles. The summed E-state index contributed by atoms with van der Waals surface area (Å²) in [6.07, 6.45) is 0. The van der Waals surface area contributed by atoms with Crippen molar-refractivity contribution in [3.63, 3.8) is 0 Å². The number of nitrogens with one attached hydrogen (secondary N) is 1. The first-order valence-electron chi connectivity index (χ1n) is 5.08. The topological polar surface area (TPSA) is 34.2 Å². The molecule has 0 atom stereocenters. The number of benzene rings is 1. The van der Waals surface area contributed by atoms with Crippen LogP contribution in [-0.4, -0.2) is 19.2 Å². The van der Waals surface area contributed by atoms with E-state index in [1.165, 1.54) is 0 Å². The molecule has 1 aromatic heterocycles. The van der Waals surface area contributed by atoms with Gasteiger partial charge in [-0.3, -0.25) is 0 Å². The molecule has 1 N–H and O–H groups in total. The van der Waals surface area contributed by atoms with Gasteiger partial charge in [0.25, 0.3) is 0 Å². The van der Waals surface area contributed by atoms with Gasteiger partial charge in [-0.2, -0.15) is 0 Å². The van der Waals surface area contributed by atoms with E-state index >= 15 is 0 Å². The zero-order chi connectivity index (χ0) is 12.4. The molecule has 0 aliphatic rings. The van der Waals surface area contributed by atoms with Gasteiger partial charge in [-0.05, 0) is 37.3 Å². The molecule has 0 saturated heterocycles. The van der Waals surface area contributed by atoms with E-state index in [0.29, 0.717) is 0 Å². The Morgan fingerprint density at radius 3 is 2.53 bits per heavy atom. The summed E-state index contributed by atoms with van der Waals surface area (Å²) in [5, 5.41) is 0. The first kappa shape index (κ1) is 12.1. The van der Waals surface area contributed by atoms with Gasteiger partial charge in [-0.15, -0.1) is 11.3 Å². The van der Waals surface area contributed by atoms with Gasteiger partial charge in [0.05, 0.1) is 19.9 Å². The number of aromatic amines is 1. The highest BCUT2D eigenvalue weighted by Crippen LogP contribution is 2.35. The molecule has 0 saturated carbocycles. The molecule has 0 fully saturated rings. The highest BCUT2D eigenvalue weighted by molar-refractivity contribution is 7.73. The average Bonchev–Trinajstić information content (AvgIpc) is 2.67. The molecule has 2 aromatic rings. The molecule has 1 heterocycles. The van der Waals surface area contributed by atoms with Crippen LogP contribution < -0.4 is 9.47 Å². The second kappa shape index (κ2) is 4.89. The number of hydrogen-bond acceptors (Lipinski definition) is 4. The lowest BCUT2D eigenvalue weighted by molar-refractivity contribution is 0.404. The lowest BCUT2D eigenvalue weighted by Gasteiger charge is -2.09. The van der Waals surface area contributed by atoms with Crippen molar-refractivity contribution in [3.8, 4) is 22.8 Å². The van der Waals surface area contributed by atoms with Crippen molar-refractivity contribution >= 4 is 23.6 Å². The molecule has 17 heavy (non-hydrogen) atoms. The van der Waals surface area contributed by atoms with Crippen LogP contribution in [0.4, 0.5) is 0 Å². The Hall–Kier alpha value is -1.33. The van der Waals surface area contributed by atoms with Crippen LogP contribution in [0.1, 0.15) is 4.88 Å². The first-order chi connectivity index (χ1) is 8.15. The number of aromatic nitrogens is 1. The summed E-state index contributed by atoms with van der Waals surface area (Å²) in [6.45, 7) is 2.03. The third kappa shape index (κ3) is 2.35. The van der Waals surface area contributed by atoms with Crippen molar-refractivity contribution in [1.29, 1.82) is 0 Å². The fourth-order valence-electron chi connectivity index (χ4n) is 1.67. The number of H-pyrrole nitrogens is 1. The third-order valence-electron chi connectivity index (χ3n) is 2.50. The number of aryl methyl sites for hydroxylation is 1. The molecule has 0 amide bonds.